The van der Waals surface area contributed by atoms with Gasteiger partial charge in [-0.15, -0.1) is 0 Å². The lowest BCUT2D eigenvalue weighted by Crippen LogP contribution is -2.46. The molecule has 1 aliphatic rings. The number of ether oxygens (including phenoxy) is 1. The van der Waals surface area contributed by atoms with Crippen LogP contribution in [0.3, 0.4) is 0 Å². The zero-order chi connectivity index (χ0) is 15.5. The molecule has 5 nitrogen and oxygen atoms in total. The molecule has 1 aliphatic heterocycles. The third kappa shape index (κ3) is 4.72. The highest BCUT2D eigenvalue weighted by molar-refractivity contribution is 9.10. The van der Waals surface area contributed by atoms with Gasteiger partial charge in [0.25, 0.3) is 0 Å². The molecule has 118 valence electrons. The lowest BCUT2D eigenvalue weighted by atomic mass is 10.3. The maximum atomic E-state index is 13.8. The van der Waals surface area contributed by atoms with Gasteiger partial charge in [0.2, 0.25) is 10.0 Å². The van der Waals surface area contributed by atoms with Gasteiger partial charge in [0, 0.05) is 30.1 Å². The SMILES string of the molecule is CC(CN1CCOCC1)NS(=O)(=O)c1ccc(Br)cc1F. The standard InChI is InChI=1S/C13H18BrFN2O3S/c1-10(9-17-4-6-20-7-5-17)16-21(18,19)13-3-2-11(14)8-12(13)15/h2-3,8,10,16H,4-7,9H2,1H3. The number of sulfonamides is 1. The molecule has 0 amide bonds. The van der Waals surface area contributed by atoms with Crippen molar-refractivity contribution in [2.75, 3.05) is 32.8 Å². The first kappa shape index (κ1) is 16.8. The Morgan fingerprint density at radius 2 is 2.10 bits per heavy atom. The normalized spacial score (nSPS) is 18.6. The van der Waals surface area contributed by atoms with E-state index in [-0.39, 0.29) is 10.9 Å². The molecule has 0 saturated carbocycles. The van der Waals surface area contributed by atoms with Crippen LogP contribution in [0.25, 0.3) is 0 Å². The van der Waals surface area contributed by atoms with Crippen molar-refractivity contribution in [2.45, 2.75) is 17.9 Å². The summed E-state index contributed by atoms with van der Waals surface area (Å²) in [5, 5.41) is 0. The molecule has 1 aromatic carbocycles. The molecular formula is C13H18BrFN2O3S. The molecule has 8 heteroatoms. The summed E-state index contributed by atoms with van der Waals surface area (Å²) in [6, 6.07) is 3.59. The fraction of sp³-hybridized carbons (Fsp3) is 0.538. The molecule has 1 fully saturated rings. The van der Waals surface area contributed by atoms with E-state index in [9.17, 15) is 12.8 Å². The molecule has 2 rings (SSSR count). The van der Waals surface area contributed by atoms with E-state index in [1.807, 2.05) is 0 Å². The number of hydrogen-bond donors (Lipinski definition) is 1. The van der Waals surface area contributed by atoms with Crippen LogP contribution >= 0.6 is 15.9 Å². The van der Waals surface area contributed by atoms with E-state index < -0.39 is 15.8 Å². The van der Waals surface area contributed by atoms with E-state index in [1.54, 1.807) is 6.92 Å². The minimum Gasteiger partial charge on any atom is -0.379 e. The van der Waals surface area contributed by atoms with Crippen LogP contribution in [0, 0.1) is 5.82 Å². The van der Waals surface area contributed by atoms with Crippen molar-refractivity contribution in [1.82, 2.24) is 9.62 Å². The Bertz CT molecular complexity index is 591. The summed E-state index contributed by atoms with van der Waals surface area (Å²) in [7, 11) is -3.86. The summed E-state index contributed by atoms with van der Waals surface area (Å²) in [5.41, 5.74) is 0. The molecule has 21 heavy (non-hydrogen) atoms. The van der Waals surface area contributed by atoms with E-state index in [1.165, 1.54) is 12.1 Å². The van der Waals surface area contributed by atoms with E-state index in [0.717, 1.165) is 19.2 Å². The van der Waals surface area contributed by atoms with E-state index >= 15 is 0 Å². The Kier molecular flexibility index (Phi) is 5.73. The minimum absolute atomic E-state index is 0.309. The highest BCUT2D eigenvalue weighted by Gasteiger charge is 2.23. The Morgan fingerprint density at radius 1 is 1.43 bits per heavy atom. The zero-order valence-electron chi connectivity index (χ0n) is 11.7. The van der Waals surface area contributed by atoms with Gasteiger partial charge >= 0.3 is 0 Å². The van der Waals surface area contributed by atoms with Gasteiger partial charge in [-0.3, -0.25) is 4.90 Å². The fourth-order valence-corrected chi connectivity index (χ4v) is 3.86. The van der Waals surface area contributed by atoms with Gasteiger partial charge < -0.3 is 4.74 Å². The van der Waals surface area contributed by atoms with Gasteiger partial charge in [-0.2, -0.15) is 0 Å². The number of halogens is 2. The Labute approximate surface area is 132 Å². The summed E-state index contributed by atoms with van der Waals surface area (Å²) in [4.78, 5) is 1.79. The molecule has 1 N–H and O–H groups in total. The lowest BCUT2D eigenvalue weighted by Gasteiger charge is -2.29. The highest BCUT2D eigenvalue weighted by Crippen LogP contribution is 2.19. The van der Waals surface area contributed by atoms with Crippen molar-refractivity contribution in [3.05, 3.63) is 28.5 Å². The molecule has 0 spiro atoms. The topological polar surface area (TPSA) is 58.6 Å². The first-order valence-electron chi connectivity index (χ1n) is 6.66. The first-order valence-corrected chi connectivity index (χ1v) is 8.93. The average molecular weight is 381 g/mol. The molecule has 0 aliphatic carbocycles. The van der Waals surface area contributed by atoms with Crippen molar-refractivity contribution < 1.29 is 17.5 Å². The molecule has 0 aromatic heterocycles. The van der Waals surface area contributed by atoms with E-state index in [0.29, 0.717) is 24.2 Å². The van der Waals surface area contributed by atoms with Crippen molar-refractivity contribution in [1.29, 1.82) is 0 Å². The number of nitrogens with one attached hydrogen (secondary N) is 1. The van der Waals surface area contributed by atoms with Gasteiger partial charge in [0.15, 0.2) is 0 Å². The van der Waals surface area contributed by atoms with E-state index in [2.05, 4.69) is 25.6 Å². The van der Waals surface area contributed by atoms with Crippen LogP contribution < -0.4 is 4.72 Å². The quantitative estimate of drug-likeness (QED) is 0.842. The Balaban J connectivity index is 2.02. The van der Waals surface area contributed by atoms with Crippen LogP contribution in [-0.2, 0) is 14.8 Å². The molecule has 1 aromatic rings. The van der Waals surface area contributed by atoms with Crippen molar-refractivity contribution in [3.63, 3.8) is 0 Å². The number of morpholine rings is 1. The highest BCUT2D eigenvalue weighted by atomic mass is 79.9. The second-order valence-electron chi connectivity index (χ2n) is 5.01. The number of rotatable bonds is 5. The largest absolute Gasteiger partial charge is 0.379 e. The van der Waals surface area contributed by atoms with Crippen LogP contribution in [0.4, 0.5) is 4.39 Å². The summed E-state index contributed by atoms with van der Waals surface area (Å²) < 4.78 is 46.5. The van der Waals surface area contributed by atoms with Crippen LogP contribution in [0.5, 0.6) is 0 Å². The van der Waals surface area contributed by atoms with Gasteiger partial charge in [0.1, 0.15) is 10.7 Å². The molecule has 0 radical (unpaired) electrons. The number of hydrogen-bond acceptors (Lipinski definition) is 4. The molecule has 0 bridgehead atoms. The van der Waals surface area contributed by atoms with Gasteiger partial charge in [-0.1, -0.05) is 15.9 Å². The number of nitrogens with zero attached hydrogens (tertiary/aromatic N) is 1. The monoisotopic (exact) mass is 380 g/mol. The molecule has 1 saturated heterocycles. The van der Waals surface area contributed by atoms with Crippen LogP contribution in [-0.4, -0.2) is 52.2 Å². The fourth-order valence-electron chi connectivity index (χ4n) is 2.23. The smallest absolute Gasteiger partial charge is 0.243 e. The van der Waals surface area contributed by atoms with Crippen LogP contribution in [0.2, 0.25) is 0 Å². The summed E-state index contributed by atoms with van der Waals surface area (Å²) in [6.45, 7) is 5.20. The maximum Gasteiger partial charge on any atom is 0.243 e. The van der Waals surface area contributed by atoms with Gasteiger partial charge in [0.05, 0.1) is 13.2 Å². The predicted octanol–water partition coefficient (Wildman–Crippen LogP) is 1.59. The van der Waals surface area contributed by atoms with Crippen molar-refractivity contribution >= 4 is 26.0 Å². The number of benzene rings is 1. The third-order valence-corrected chi connectivity index (χ3v) is 5.29. The maximum absolute atomic E-state index is 13.8. The second-order valence-corrected chi connectivity index (χ2v) is 7.61. The summed E-state index contributed by atoms with van der Waals surface area (Å²) in [5.74, 6) is -0.768. The van der Waals surface area contributed by atoms with Gasteiger partial charge in [-0.25, -0.2) is 17.5 Å². The Hall–Kier alpha value is -0.540. The minimum atomic E-state index is -3.86. The zero-order valence-corrected chi connectivity index (χ0v) is 14.1. The average Bonchev–Trinajstić information content (AvgIpc) is 2.38. The molecule has 1 atom stereocenters. The molecule has 1 heterocycles. The second kappa shape index (κ2) is 7.15. The van der Waals surface area contributed by atoms with Crippen LogP contribution in [0.15, 0.2) is 27.6 Å². The van der Waals surface area contributed by atoms with Crippen molar-refractivity contribution in [3.8, 4) is 0 Å². The van der Waals surface area contributed by atoms with Crippen LogP contribution in [0.1, 0.15) is 6.92 Å². The lowest BCUT2D eigenvalue weighted by molar-refractivity contribution is 0.0354. The summed E-state index contributed by atoms with van der Waals surface area (Å²) >= 11 is 3.11. The molecule has 1 unspecified atom stereocenters. The predicted molar refractivity (Wildman–Crippen MR) is 81.1 cm³/mol. The molecular weight excluding hydrogens is 363 g/mol. The van der Waals surface area contributed by atoms with Crippen molar-refractivity contribution in [2.24, 2.45) is 0 Å². The first-order chi connectivity index (χ1) is 9.88. The van der Waals surface area contributed by atoms with Gasteiger partial charge in [-0.05, 0) is 25.1 Å². The Morgan fingerprint density at radius 3 is 2.71 bits per heavy atom. The summed E-state index contributed by atoms with van der Waals surface area (Å²) in [6.07, 6.45) is 0. The third-order valence-electron chi connectivity index (χ3n) is 3.18. The van der Waals surface area contributed by atoms with E-state index in [4.69, 9.17) is 4.74 Å².